The molecule has 0 N–H and O–H groups in total. The molecule has 2 aliphatic rings. The Labute approximate surface area is 114 Å². The Balaban J connectivity index is 1.91. The van der Waals surface area contributed by atoms with Crippen LogP contribution >= 0.6 is 0 Å². The molecule has 0 unspecified atom stereocenters. The number of likely N-dealkylation sites (tertiary alicyclic amines) is 1. The van der Waals surface area contributed by atoms with E-state index < -0.39 is 0 Å². The molecule has 1 saturated heterocycles. The van der Waals surface area contributed by atoms with Crippen LogP contribution in [0.25, 0.3) is 0 Å². The van der Waals surface area contributed by atoms with Gasteiger partial charge in [0, 0.05) is 17.6 Å². The zero-order valence-electron chi connectivity index (χ0n) is 12.9. The molecule has 1 aliphatic carbocycles. The quantitative estimate of drug-likeness (QED) is 0.742. The van der Waals surface area contributed by atoms with Crippen molar-refractivity contribution < 1.29 is 0 Å². The average molecular weight is 252 g/mol. The smallest absolute Gasteiger partial charge is 0.0124 e. The second-order valence-corrected chi connectivity index (χ2v) is 7.35. The van der Waals surface area contributed by atoms with Gasteiger partial charge in [-0.05, 0) is 73.0 Å². The Morgan fingerprint density at radius 3 is 2.22 bits per heavy atom. The molecule has 2 rings (SSSR count). The summed E-state index contributed by atoms with van der Waals surface area (Å²) in [6.07, 6.45) is 9.97. The van der Waals surface area contributed by atoms with E-state index in [0.29, 0.717) is 5.54 Å². The van der Waals surface area contributed by atoms with Gasteiger partial charge in [0.25, 0.3) is 0 Å². The summed E-state index contributed by atoms with van der Waals surface area (Å²) in [4.78, 5) is 5.40. The van der Waals surface area contributed by atoms with Gasteiger partial charge in [0.05, 0.1) is 0 Å². The fourth-order valence-electron chi connectivity index (χ4n) is 3.65. The van der Waals surface area contributed by atoms with Crippen LogP contribution in [0.3, 0.4) is 0 Å². The van der Waals surface area contributed by atoms with Crippen molar-refractivity contribution >= 4 is 0 Å². The lowest BCUT2D eigenvalue weighted by Gasteiger charge is -2.45. The fourth-order valence-corrected chi connectivity index (χ4v) is 3.65. The third-order valence-corrected chi connectivity index (χ3v) is 5.13. The lowest BCUT2D eigenvalue weighted by molar-refractivity contribution is 0.0444. The highest BCUT2D eigenvalue weighted by atomic mass is 15.2. The summed E-state index contributed by atoms with van der Waals surface area (Å²) in [6.45, 7) is 9.75. The molecule has 106 valence electrons. The highest BCUT2D eigenvalue weighted by Crippen LogP contribution is 2.30. The first-order valence-corrected chi connectivity index (χ1v) is 7.95. The van der Waals surface area contributed by atoms with Crippen molar-refractivity contribution in [2.45, 2.75) is 83.3 Å². The van der Waals surface area contributed by atoms with Crippen molar-refractivity contribution in [3.05, 3.63) is 0 Å². The third kappa shape index (κ3) is 3.48. The van der Waals surface area contributed by atoms with E-state index >= 15 is 0 Å². The van der Waals surface area contributed by atoms with Crippen molar-refractivity contribution in [3.8, 4) is 0 Å². The molecule has 2 atom stereocenters. The van der Waals surface area contributed by atoms with Crippen molar-refractivity contribution in [1.82, 2.24) is 9.80 Å². The summed E-state index contributed by atoms with van der Waals surface area (Å²) >= 11 is 0. The van der Waals surface area contributed by atoms with Gasteiger partial charge >= 0.3 is 0 Å². The van der Waals surface area contributed by atoms with E-state index in [2.05, 4.69) is 37.6 Å². The van der Waals surface area contributed by atoms with E-state index in [1.54, 1.807) is 0 Å². The lowest BCUT2D eigenvalue weighted by Crippen LogP contribution is -2.51. The van der Waals surface area contributed by atoms with E-state index in [1.807, 2.05) is 0 Å². The number of hydrogen-bond acceptors (Lipinski definition) is 2. The molecule has 1 saturated carbocycles. The first-order valence-electron chi connectivity index (χ1n) is 7.95. The van der Waals surface area contributed by atoms with Crippen molar-refractivity contribution in [3.63, 3.8) is 0 Å². The lowest BCUT2D eigenvalue weighted by atomic mass is 9.86. The zero-order chi connectivity index (χ0) is 13.2. The predicted octanol–water partition coefficient (Wildman–Crippen LogP) is 3.51. The minimum atomic E-state index is 0.314. The topological polar surface area (TPSA) is 6.48 Å². The number of piperidine rings is 1. The summed E-state index contributed by atoms with van der Waals surface area (Å²) in [5, 5.41) is 0. The minimum Gasteiger partial charge on any atom is -0.300 e. The highest BCUT2D eigenvalue weighted by molar-refractivity contribution is 4.89. The molecule has 2 fully saturated rings. The Kier molecular flexibility index (Phi) is 4.71. The molecule has 1 aliphatic heterocycles. The highest BCUT2D eigenvalue weighted by Gasteiger charge is 2.32. The van der Waals surface area contributed by atoms with Gasteiger partial charge in [-0.25, -0.2) is 0 Å². The molecule has 0 bridgehead atoms. The van der Waals surface area contributed by atoms with E-state index in [-0.39, 0.29) is 0 Å². The van der Waals surface area contributed by atoms with Crippen LogP contribution in [0, 0.1) is 0 Å². The van der Waals surface area contributed by atoms with Crippen LogP contribution in [0.4, 0.5) is 0 Å². The molecule has 1 heterocycles. The van der Waals surface area contributed by atoms with Crippen LogP contribution in [0.5, 0.6) is 0 Å². The van der Waals surface area contributed by atoms with E-state index in [4.69, 9.17) is 0 Å². The maximum atomic E-state index is 2.78. The van der Waals surface area contributed by atoms with Crippen molar-refractivity contribution in [1.29, 1.82) is 0 Å². The van der Waals surface area contributed by atoms with Gasteiger partial charge in [-0.2, -0.15) is 0 Å². The molecule has 0 aromatic carbocycles. The molecule has 18 heavy (non-hydrogen) atoms. The largest absolute Gasteiger partial charge is 0.300 e. The maximum absolute atomic E-state index is 2.78. The Morgan fingerprint density at radius 1 is 0.944 bits per heavy atom. The fraction of sp³-hybridized carbons (Fsp3) is 1.00. The summed E-state index contributed by atoms with van der Waals surface area (Å²) in [6, 6.07) is 1.67. The normalized spacial score (nSPS) is 31.8. The van der Waals surface area contributed by atoms with Gasteiger partial charge in [-0.1, -0.05) is 12.8 Å². The minimum absolute atomic E-state index is 0.314. The molecule has 2 nitrogen and oxygen atoms in total. The maximum Gasteiger partial charge on any atom is 0.0124 e. The van der Waals surface area contributed by atoms with Gasteiger partial charge in [-0.15, -0.1) is 0 Å². The van der Waals surface area contributed by atoms with Crippen LogP contribution < -0.4 is 0 Å². The second-order valence-electron chi connectivity index (χ2n) is 7.35. The summed E-state index contributed by atoms with van der Waals surface area (Å²) < 4.78 is 0. The SMILES string of the molecule is CN([C@H]1CCC[C@H](N2CCCCC2)C1)C(C)(C)C. The molecule has 0 radical (unpaired) electrons. The molecule has 0 aromatic heterocycles. The van der Waals surface area contributed by atoms with E-state index in [1.165, 1.54) is 58.0 Å². The van der Waals surface area contributed by atoms with Crippen LogP contribution in [0.15, 0.2) is 0 Å². The number of rotatable bonds is 2. The van der Waals surface area contributed by atoms with Gasteiger partial charge in [0.1, 0.15) is 0 Å². The first kappa shape index (κ1) is 14.3. The standard InChI is InChI=1S/C16H32N2/c1-16(2,3)17(4)14-9-8-10-15(13-14)18-11-6-5-7-12-18/h14-15H,5-13H2,1-4H3/t14-,15-/m0/s1. The monoisotopic (exact) mass is 252 g/mol. The van der Waals surface area contributed by atoms with Crippen molar-refractivity contribution in [2.24, 2.45) is 0 Å². The van der Waals surface area contributed by atoms with Crippen LogP contribution in [-0.4, -0.2) is 47.6 Å². The van der Waals surface area contributed by atoms with Crippen LogP contribution in [0.2, 0.25) is 0 Å². The second kappa shape index (κ2) is 5.92. The average Bonchev–Trinajstić information content (AvgIpc) is 2.38. The summed E-state index contributed by atoms with van der Waals surface area (Å²) in [5.41, 5.74) is 0.314. The predicted molar refractivity (Wildman–Crippen MR) is 79.0 cm³/mol. The molecule has 0 aromatic rings. The third-order valence-electron chi connectivity index (χ3n) is 5.13. The summed E-state index contributed by atoms with van der Waals surface area (Å²) in [5.74, 6) is 0. The van der Waals surface area contributed by atoms with E-state index in [9.17, 15) is 0 Å². The molecule has 2 heteroatoms. The number of nitrogens with zero attached hydrogens (tertiary/aromatic N) is 2. The Morgan fingerprint density at radius 2 is 1.61 bits per heavy atom. The summed E-state index contributed by atoms with van der Waals surface area (Å²) in [7, 11) is 2.32. The van der Waals surface area contributed by atoms with E-state index in [0.717, 1.165) is 12.1 Å². The van der Waals surface area contributed by atoms with Gasteiger partial charge < -0.3 is 4.90 Å². The first-order chi connectivity index (χ1) is 8.48. The van der Waals surface area contributed by atoms with Crippen LogP contribution in [-0.2, 0) is 0 Å². The molecular formula is C16H32N2. The zero-order valence-corrected chi connectivity index (χ0v) is 12.9. The van der Waals surface area contributed by atoms with Crippen LogP contribution in [0.1, 0.15) is 65.7 Å². The Hall–Kier alpha value is -0.0800. The van der Waals surface area contributed by atoms with Gasteiger partial charge in [0.2, 0.25) is 0 Å². The number of hydrogen-bond donors (Lipinski definition) is 0. The van der Waals surface area contributed by atoms with Gasteiger partial charge in [0.15, 0.2) is 0 Å². The van der Waals surface area contributed by atoms with Crippen molar-refractivity contribution in [2.75, 3.05) is 20.1 Å². The molecular weight excluding hydrogens is 220 g/mol. The van der Waals surface area contributed by atoms with Gasteiger partial charge in [-0.3, -0.25) is 4.90 Å². The molecule has 0 amide bonds. The molecule has 0 spiro atoms. The Bertz CT molecular complexity index is 250.